The molecule has 1 aliphatic rings. The highest BCUT2D eigenvalue weighted by Gasteiger charge is 2.46. The van der Waals surface area contributed by atoms with Gasteiger partial charge >= 0.3 is 0 Å². The maximum Gasteiger partial charge on any atom is 0.295 e. The summed E-state index contributed by atoms with van der Waals surface area (Å²) in [6, 6.07) is 12.5. The minimum Gasteiger partial charge on any atom is -0.505 e. The van der Waals surface area contributed by atoms with Crippen molar-refractivity contribution in [1.29, 1.82) is 0 Å². The van der Waals surface area contributed by atoms with Gasteiger partial charge in [-0.3, -0.25) is 14.0 Å². The van der Waals surface area contributed by atoms with Gasteiger partial charge in [-0.15, -0.1) is 0 Å². The van der Waals surface area contributed by atoms with Gasteiger partial charge in [0.1, 0.15) is 11.3 Å². The lowest BCUT2D eigenvalue weighted by Gasteiger charge is -2.26. The van der Waals surface area contributed by atoms with Crippen molar-refractivity contribution < 1.29 is 14.7 Å². The number of aliphatic hydroxyl groups is 1. The summed E-state index contributed by atoms with van der Waals surface area (Å²) in [6.07, 6.45) is 1.80. The molecule has 1 fully saturated rings. The highest BCUT2D eigenvalue weighted by molar-refractivity contribution is 6.46. The number of fused-ring (bicyclic) bond motifs is 1. The van der Waals surface area contributed by atoms with E-state index in [0.717, 1.165) is 11.1 Å². The Morgan fingerprint density at radius 1 is 1.10 bits per heavy atom. The number of carbonyl (C=O) groups is 2. The molecule has 160 valence electrons. The van der Waals surface area contributed by atoms with Crippen molar-refractivity contribution in [3.05, 3.63) is 76.7 Å². The SMILES string of the molecule is Cc1nc2c(C)cccn2c1C(O)=C1C(=O)C(=O)N(CCN(C)C)[C@H]1c1ccccc1. The van der Waals surface area contributed by atoms with Crippen LogP contribution < -0.4 is 0 Å². The zero-order chi connectivity index (χ0) is 22.3. The average molecular weight is 418 g/mol. The summed E-state index contributed by atoms with van der Waals surface area (Å²) < 4.78 is 1.77. The van der Waals surface area contributed by atoms with Crippen LogP contribution in [-0.2, 0) is 9.59 Å². The highest BCUT2D eigenvalue weighted by Crippen LogP contribution is 2.39. The number of Topliss-reactive ketones (excluding diaryl/α,β-unsaturated/α-hetero) is 1. The highest BCUT2D eigenvalue weighted by atomic mass is 16.3. The summed E-state index contributed by atoms with van der Waals surface area (Å²) in [4.78, 5) is 34.2. The van der Waals surface area contributed by atoms with Crippen LogP contribution in [0.15, 0.2) is 54.2 Å². The molecule has 0 saturated carbocycles. The molecule has 1 aromatic carbocycles. The number of aryl methyl sites for hydroxylation is 2. The van der Waals surface area contributed by atoms with E-state index in [1.54, 1.807) is 22.4 Å². The van der Waals surface area contributed by atoms with Crippen LogP contribution in [0.2, 0.25) is 0 Å². The summed E-state index contributed by atoms with van der Waals surface area (Å²) in [7, 11) is 3.83. The number of benzene rings is 1. The Kier molecular flexibility index (Phi) is 5.37. The number of aromatic nitrogens is 2. The molecule has 0 radical (unpaired) electrons. The normalized spacial score (nSPS) is 18.5. The molecule has 1 N–H and O–H groups in total. The predicted octanol–water partition coefficient (Wildman–Crippen LogP) is 2.93. The smallest absolute Gasteiger partial charge is 0.295 e. The van der Waals surface area contributed by atoms with Crippen molar-refractivity contribution in [2.75, 3.05) is 27.2 Å². The lowest BCUT2D eigenvalue weighted by atomic mass is 9.96. The largest absolute Gasteiger partial charge is 0.505 e. The fraction of sp³-hybridized carbons (Fsp3) is 0.292. The number of hydrogen-bond acceptors (Lipinski definition) is 5. The van der Waals surface area contributed by atoms with Crippen LogP contribution in [0.25, 0.3) is 11.4 Å². The number of likely N-dealkylation sites (N-methyl/N-ethyl adjacent to an activating group) is 1. The Morgan fingerprint density at radius 2 is 1.81 bits per heavy atom. The maximum absolute atomic E-state index is 13.1. The van der Waals surface area contributed by atoms with Gasteiger partial charge < -0.3 is 14.9 Å². The van der Waals surface area contributed by atoms with Gasteiger partial charge in [0, 0.05) is 19.3 Å². The van der Waals surface area contributed by atoms with Crippen LogP contribution in [0, 0.1) is 13.8 Å². The molecule has 3 heterocycles. The summed E-state index contributed by atoms with van der Waals surface area (Å²) in [5, 5.41) is 11.4. The topological polar surface area (TPSA) is 78.1 Å². The Bertz CT molecular complexity index is 1190. The Balaban J connectivity index is 1.94. The van der Waals surface area contributed by atoms with Gasteiger partial charge in [-0.05, 0) is 45.1 Å². The molecular weight excluding hydrogens is 392 g/mol. The van der Waals surface area contributed by atoms with Crippen molar-refractivity contribution in [2.24, 2.45) is 0 Å². The molecule has 4 rings (SSSR count). The fourth-order valence-corrected chi connectivity index (χ4v) is 4.13. The molecule has 7 nitrogen and oxygen atoms in total. The van der Waals surface area contributed by atoms with Crippen LogP contribution in [0.3, 0.4) is 0 Å². The molecule has 31 heavy (non-hydrogen) atoms. The third kappa shape index (κ3) is 3.51. The van der Waals surface area contributed by atoms with E-state index in [-0.39, 0.29) is 11.3 Å². The van der Waals surface area contributed by atoms with E-state index in [1.165, 1.54) is 0 Å². The lowest BCUT2D eigenvalue weighted by molar-refractivity contribution is -0.140. The minimum absolute atomic E-state index is 0.0985. The minimum atomic E-state index is -0.674. The van der Waals surface area contributed by atoms with Crippen molar-refractivity contribution in [3.8, 4) is 0 Å². The van der Waals surface area contributed by atoms with Crippen LogP contribution in [0.5, 0.6) is 0 Å². The van der Waals surface area contributed by atoms with E-state index >= 15 is 0 Å². The fourth-order valence-electron chi connectivity index (χ4n) is 4.13. The molecule has 0 spiro atoms. The summed E-state index contributed by atoms with van der Waals surface area (Å²) >= 11 is 0. The molecule has 2 aromatic heterocycles. The monoisotopic (exact) mass is 418 g/mol. The Hall–Kier alpha value is -3.45. The zero-order valence-electron chi connectivity index (χ0n) is 18.2. The van der Waals surface area contributed by atoms with Crippen LogP contribution in [0.4, 0.5) is 0 Å². The first-order chi connectivity index (χ1) is 14.8. The van der Waals surface area contributed by atoms with E-state index in [4.69, 9.17) is 0 Å². The number of likely N-dealkylation sites (tertiary alicyclic amines) is 1. The summed E-state index contributed by atoms with van der Waals surface area (Å²) in [5.74, 6) is -1.47. The molecule has 3 aromatic rings. The molecule has 0 bridgehead atoms. The standard InChI is InChI=1S/C24H26N4O3/c1-15-9-8-12-27-19(16(2)25-23(15)27)21(29)18-20(17-10-6-5-7-11-17)28(14-13-26(3)4)24(31)22(18)30/h5-12,20,29H,13-14H2,1-4H3/t20-/m0/s1. The van der Waals surface area contributed by atoms with Gasteiger partial charge in [-0.1, -0.05) is 36.4 Å². The third-order valence-corrected chi connectivity index (χ3v) is 5.69. The van der Waals surface area contributed by atoms with E-state index < -0.39 is 17.7 Å². The van der Waals surface area contributed by atoms with Gasteiger partial charge in [0.25, 0.3) is 11.7 Å². The number of nitrogens with zero attached hydrogens (tertiary/aromatic N) is 4. The average Bonchev–Trinajstić information content (AvgIpc) is 3.21. The lowest BCUT2D eigenvalue weighted by Crippen LogP contribution is -2.35. The predicted molar refractivity (Wildman–Crippen MR) is 119 cm³/mol. The second-order valence-electron chi connectivity index (χ2n) is 8.14. The van der Waals surface area contributed by atoms with Gasteiger partial charge in [0.05, 0.1) is 17.3 Å². The second kappa shape index (κ2) is 8.00. The zero-order valence-corrected chi connectivity index (χ0v) is 18.2. The van der Waals surface area contributed by atoms with Crippen LogP contribution >= 0.6 is 0 Å². The molecule has 1 aliphatic heterocycles. The second-order valence-corrected chi connectivity index (χ2v) is 8.14. The molecule has 1 saturated heterocycles. The van der Waals surface area contributed by atoms with Gasteiger partial charge in [0.2, 0.25) is 0 Å². The summed E-state index contributed by atoms with van der Waals surface area (Å²) in [6.45, 7) is 4.71. The van der Waals surface area contributed by atoms with E-state index in [1.807, 2.05) is 68.4 Å². The molecule has 1 amide bonds. The van der Waals surface area contributed by atoms with Crippen LogP contribution in [0.1, 0.15) is 28.6 Å². The van der Waals surface area contributed by atoms with Crippen molar-refractivity contribution >= 4 is 23.1 Å². The van der Waals surface area contributed by atoms with Gasteiger partial charge in [-0.2, -0.15) is 0 Å². The van der Waals surface area contributed by atoms with E-state index in [0.29, 0.717) is 30.1 Å². The molecular formula is C24H26N4O3. The molecule has 7 heteroatoms. The Morgan fingerprint density at radius 3 is 2.48 bits per heavy atom. The first kappa shape index (κ1) is 20.8. The number of hydrogen-bond donors (Lipinski definition) is 1. The van der Waals surface area contributed by atoms with Crippen molar-refractivity contribution in [2.45, 2.75) is 19.9 Å². The van der Waals surface area contributed by atoms with Crippen molar-refractivity contribution in [1.82, 2.24) is 19.2 Å². The third-order valence-electron chi connectivity index (χ3n) is 5.69. The number of carbonyl (C=O) groups excluding carboxylic acids is 2. The molecule has 1 atom stereocenters. The first-order valence-corrected chi connectivity index (χ1v) is 10.2. The number of amides is 1. The first-order valence-electron chi connectivity index (χ1n) is 10.2. The van der Waals surface area contributed by atoms with E-state index in [2.05, 4.69) is 4.98 Å². The number of imidazole rings is 1. The van der Waals surface area contributed by atoms with Gasteiger partial charge in [0.15, 0.2) is 5.76 Å². The molecule has 0 unspecified atom stereocenters. The maximum atomic E-state index is 13.1. The van der Waals surface area contributed by atoms with E-state index in [9.17, 15) is 14.7 Å². The van der Waals surface area contributed by atoms with Gasteiger partial charge in [-0.25, -0.2) is 4.98 Å². The number of aliphatic hydroxyl groups excluding tert-OH is 1. The van der Waals surface area contributed by atoms with Crippen molar-refractivity contribution in [3.63, 3.8) is 0 Å². The number of rotatable bonds is 5. The quantitative estimate of drug-likeness (QED) is 0.392. The van der Waals surface area contributed by atoms with Crippen LogP contribution in [-0.4, -0.2) is 63.2 Å². The number of pyridine rings is 1. The number of ketones is 1. The Labute approximate surface area is 181 Å². The summed E-state index contributed by atoms with van der Waals surface area (Å²) in [5.41, 5.74) is 3.57. The molecule has 0 aliphatic carbocycles.